The Labute approximate surface area is 208 Å². The molecule has 4 rings (SSSR count). The smallest absolute Gasteiger partial charge is 0.336 e. The zero-order valence-corrected chi connectivity index (χ0v) is 21.7. The molecule has 0 N–H and O–H groups in total. The van der Waals surface area contributed by atoms with Crippen LogP contribution in [0.1, 0.15) is 84.6 Å². The lowest BCUT2D eigenvalue weighted by Crippen LogP contribution is -2.32. The molecule has 192 valence electrons. The van der Waals surface area contributed by atoms with Gasteiger partial charge in [0, 0.05) is 24.1 Å². The molecule has 2 aliphatic rings. The van der Waals surface area contributed by atoms with E-state index in [9.17, 15) is 4.79 Å². The van der Waals surface area contributed by atoms with Gasteiger partial charge in [-0.1, -0.05) is 38.2 Å². The van der Waals surface area contributed by atoms with E-state index in [0.29, 0.717) is 18.8 Å². The molecule has 0 aliphatic carbocycles. The topological polar surface area (TPSA) is 67.1 Å². The maximum absolute atomic E-state index is 11.7. The van der Waals surface area contributed by atoms with E-state index in [1.165, 1.54) is 37.3 Å². The molecule has 0 spiro atoms. The Morgan fingerprint density at radius 3 is 2.83 bits per heavy atom. The highest BCUT2D eigenvalue weighted by Gasteiger charge is 2.41. The summed E-state index contributed by atoms with van der Waals surface area (Å²) in [5.41, 5.74) is 2.15. The molecule has 2 aliphatic heterocycles. The van der Waals surface area contributed by atoms with Gasteiger partial charge in [0.05, 0.1) is 23.7 Å². The molecule has 6 nitrogen and oxygen atoms in total. The maximum atomic E-state index is 11.7. The predicted molar refractivity (Wildman–Crippen MR) is 137 cm³/mol. The predicted octanol–water partition coefficient (Wildman–Crippen LogP) is 6.71. The first kappa shape index (κ1) is 25.8. The highest BCUT2D eigenvalue weighted by molar-refractivity contribution is 5.87. The molecular formula is C29H40O6. The zero-order chi connectivity index (χ0) is 24.8. The van der Waals surface area contributed by atoms with Gasteiger partial charge in [-0.2, -0.15) is 0 Å². The average Bonchev–Trinajstić information content (AvgIpc) is 3.39. The van der Waals surface area contributed by atoms with Crippen LogP contribution in [-0.4, -0.2) is 31.2 Å². The van der Waals surface area contributed by atoms with Gasteiger partial charge in [0.15, 0.2) is 6.29 Å². The molecular weight excluding hydrogens is 444 g/mol. The monoisotopic (exact) mass is 484 g/mol. The van der Waals surface area contributed by atoms with Crippen molar-refractivity contribution in [2.75, 3.05) is 13.2 Å². The van der Waals surface area contributed by atoms with Crippen LogP contribution in [0.25, 0.3) is 11.0 Å². The third kappa shape index (κ3) is 6.47. The van der Waals surface area contributed by atoms with Crippen molar-refractivity contribution < 1.29 is 23.4 Å². The Balaban J connectivity index is 1.30. The van der Waals surface area contributed by atoms with E-state index in [1.807, 2.05) is 0 Å². The molecule has 6 heteroatoms. The second-order valence-electron chi connectivity index (χ2n) is 10.3. The van der Waals surface area contributed by atoms with Crippen molar-refractivity contribution in [1.29, 1.82) is 0 Å². The molecule has 0 saturated carbocycles. The normalized spacial score (nSPS) is 21.3. The van der Waals surface area contributed by atoms with E-state index in [-0.39, 0.29) is 23.6 Å². The standard InChI is InChI=1S/C29H40O6/c1-5-6-7-8-9-10-27-34-25(29(3,4)35-27)13-11-20(2)15-17-32-28-21-12-14-26(30)33-24(21)19-23-22(28)16-18-31-23/h12,14-15,19,25,27H,5-11,13,16-18H2,1-4H3. The SMILES string of the molecule is CCCCCCCC1OC(CCC(C)=CCOc2c3c(cc4oc(=O)ccc24)OCC3)C(C)(C)O1. The molecule has 2 aromatic rings. The van der Waals surface area contributed by atoms with Crippen LogP contribution in [0.3, 0.4) is 0 Å². The van der Waals surface area contributed by atoms with Gasteiger partial charge in [0.1, 0.15) is 23.7 Å². The number of benzene rings is 1. The highest BCUT2D eigenvalue weighted by Crippen LogP contribution is 2.40. The van der Waals surface area contributed by atoms with Gasteiger partial charge in [-0.05, 0) is 58.6 Å². The van der Waals surface area contributed by atoms with Crippen molar-refractivity contribution in [2.45, 2.75) is 103 Å². The first-order valence-electron chi connectivity index (χ1n) is 13.2. The summed E-state index contributed by atoms with van der Waals surface area (Å²) in [5, 5.41) is 0.805. The summed E-state index contributed by atoms with van der Waals surface area (Å²) in [5.74, 6) is 1.49. The van der Waals surface area contributed by atoms with Crippen LogP contribution in [-0.2, 0) is 15.9 Å². The van der Waals surface area contributed by atoms with Gasteiger partial charge < -0.3 is 23.4 Å². The van der Waals surface area contributed by atoms with Gasteiger partial charge in [-0.25, -0.2) is 4.79 Å². The molecule has 1 saturated heterocycles. The Kier molecular flexibility index (Phi) is 8.55. The molecule has 0 bridgehead atoms. The molecule has 35 heavy (non-hydrogen) atoms. The van der Waals surface area contributed by atoms with Gasteiger partial charge in [-0.3, -0.25) is 0 Å². The Hall–Kier alpha value is -2.31. The lowest BCUT2D eigenvalue weighted by molar-refractivity contribution is -0.0858. The molecule has 0 radical (unpaired) electrons. The molecule has 1 aromatic carbocycles. The molecule has 1 aromatic heterocycles. The fourth-order valence-corrected chi connectivity index (χ4v) is 4.97. The second kappa shape index (κ2) is 11.6. The van der Waals surface area contributed by atoms with Gasteiger partial charge in [-0.15, -0.1) is 0 Å². The van der Waals surface area contributed by atoms with Gasteiger partial charge >= 0.3 is 5.63 Å². The Morgan fingerprint density at radius 2 is 2.00 bits per heavy atom. The van der Waals surface area contributed by atoms with Crippen LogP contribution >= 0.6 is 0 Å². The number of allylic oxidation sites excluding steroid dienone is 1. The van der Waals surface area contributed by atoms with E-state index in [2.05, 4.69) is 33.8 Å². The lowest BCUT2D eigenvalue weighted by atomic mass is 9.96. The minimum absolute atomic E-state index is 0.0834. The third-order valence-electron chi connectivity index (χ3n) is 7.08. The van der Waals surface area contributed by atoms with Crippen molar-refractivity contribution >= 4 is 11.0 Å². The van der Waals surface area contributed by atoms with Crippen LogP contribution in [0, 0.1) is 0 Å². The minimum Gasteiger partial charge on any atom is -0.493 e. The van der Waals surface area contributed by atoms with Crippen molar-refractivity contribution in [3.05, 3.63) is 45.8 Å². The lowest BCUT2D eigenvalue weighted by Gasteiger charge is -2.23. The fourth-order valence-electron chi connectivity index (χ4n) is 4.97. The van der Waals surface area contributed by atoms with E-state index in [0.717, 1.165) is 54.6 Å². The van der Waals surface area contributed by atoms with Crippen molar-refractivity contribution in [3.8, 4) is 11.5 Å². The summed E-state index contributed by atoms with van der Waals surface area (Å²) < 4.78 is 29.8. The summed E-state index contributed by atoms with van der Waals surface area (Å²) in [6.07, 6.45) is 12.0. The Morgan fingerprint density at radius 1 is 1.17 bits per heavy atom. The van der Waals surface area contributed by atoms with Crippen LogP contribution in [0.5, 0.6) is 11.5 Å². The third-order valence-corrected chi connectivity index (χ3v) is 7.08. The fraction of sp³-hybridized carbons (Fsp3) is 0.621. The number of hydrogen-bond donors (Lipinski definition) is 0. The highest BCUT2D eigenvalue weighted by atomic mass is 16.7. The van der Waals surface area contributed by atoms with Crippen LogP contribution in [0.4, 0.5) is 0 Å². The largest absolute Gasteiger partial charge is 0.493 e. The molecule has 0 amide bonds. The number of rotatable bonds is 12. The summed E-state index contributed by atoms with van der Waals surface area (Å²) >= 11 is 0. The van der Waals surface area contributed by atoms with Crippen molar-refractivity contribution in [2.24, 2.45) is 0 Å². The minimum atomic E-state index is -0.378. The number of unbranched alkanes of at least 4 members (excludes halogenated alkanes) is 4. The van der Waals surface area contributed by atoms with E-state index >= 15 is 0 Å². The van der Waals surface area contributed by atoms with E-state index < -0.39 is 0 Å². The van der Waals surface area contributed by atoms with Crippen LogP contribution in [0.15, 0.2) is 39.1 Å². The van der Waals surface area contributed by atoms with E-state index in [1.54, 1.807) is 12.1 Å². The number of ether oxygens (including phenoxy) is 4. The molecule has 2 atom stereocenters. The Bertz CT molecular complexity index is 1080. The van der Waals surface area contributed by atoms with Gasteiger partial charge in [0.25, 0.3) is 0 Å². The number of fused-ring (bicyclic) bond motifs is 2. The quantitative estimate of drug-likeness (QED) is 0.189. The summed E-state index contributed by atoms with van der Waals surface area (Å²) in [4.78, 5) is 11.7. The average molecular weight is 485 g/mol. The first-order chi connectivity index (χ1) is 16.9. The number of hydrogen-bond acceptors (Lipinski definition) is 6. The molecule has 3 heterocycles. The summed E-state index contributed by atoms with van der Waals surface area (Å²) in [7, 11) is 0. The summed E-state index contributed by atoms with van der Waals surface area (Å²) in [6.45, 7) is 9.70. The van der Waals surface area contributed by atoms with Crippen molar-refractivity contribution in [3.63, 3.8) is 0 Å². The van der Waals surface area contributed by atoms with Crippen LogP contribution in [0.2, 0.25) is 0 Å². The second-order valence-corrected chi connectivity index (χ2v) is 10.3. The van der Waals surface area contributed by atoms with Gasteiger partial charge in [0.2, 0.25) is 0 Å². The van der Waals surface area contributed by atoms with E-state index in [4.69, 9.17) is 23.4 Å². The molecule has 2 unspecified atom stereocenters. The van der Waals surface area contributed by atoms with Crippen molar-refractivity contribution in [1.82, 2.24) is 0 Å². The van der Waals surface area contributed by atoms with Crippen LogP contribution < -0.4 is 15.1 Å². The summed E-state index contributed by atoms with van der Waals surface area (Å²) in [6, 6.07) is 4.99. The maximum Gasteiger partial charge on any atom is 0.336 e. The zero-order valence-electron chi connectivity index (χ0n) is 21.7. The first-order valence-corrected chi connectivity index (χ1v) is 13.2. The molecule has 1 fully saturated rings.